The summed E-state index contributed by atoms with van der Waals surface area (Å²) >= 11 is 13.5. The molecule has 2 heterocycles. The van der Waals surface area contributed by atoms with Gasteiger partial charge in [0.2, 0.25) is 0 Å². The Morgan fingerprint density at radius 3 is 2.68 bits per heavy atom. The Morgan fingerprint density at radius 2 is 2.16 bits per heavy atom. The third-order valence-electron chi connectivity index (χ3n) is 1.72. The van der Waals surface area contributed by atoms with Gasteiger partial charge in [0.15, 0.2) is 5.69 Å². The van der Waals surface area contributed by atoms with Gasteiger partial charge in [-0.05, 0) is 6.07 Å². The lowest BCUT2D eigenvalue weighted by Crippen LogP contribution is -2.20. The molecule has 0 aliphatic carbocycles. The maximum absolute atomic E-state index is 11.6. The Kier molecular flexibility index (Phi) is 4.31. The van der Waals surface area contributed by atoms with Crippen LogP contribution in [0.15, 0.2) is 17.0 Å². The fourth-order valence-electron chi connectivity index (χ4n) is 1.02. The zero-order valence-electron chi connectivity index (χ0n) is 8.79. The predicted molar refractivity (Wildman–Crippen MR) is 74.4 cm³/mol. The molecule has 0 radical (unpaired) electrons. The number of hydrogen-bond acceptors (Lipinski definition) is 7. The van der Waals surface area contributed by atoms with Crippen LogP contribution in [0.3, 0.4) is 0 Å². The van der Waals surface area contributed by atoms with Gasteiger partial charge in [0.1, 0.15) is 4.34 Å². The van der Waals surface area contributed by atoms with E-state index in [4.69, 9.17) is 23.2 Å². The molecule has 19 heavy (non-hydrogen) atoms. The van der Waals surface area contributed by atoms with Gasteiger partial charge in [-0.15, -0.1) is 22.7 Å². The van der Waals surface area contributed by atoms with Crippen LogP contribution in [0.1, 0.15) is 10.5 Å². The molecular weight excluding hydrogens is 355 g/mol. The summed E-state index contributed by atoms with van der Waals surface area (Å²) < 4.78 is 29.9. The second-order valence-corrected chi connectivity index (χ2v) is 7.32. The molecule has 1 N–H and O–H groups in total. The van der Waals surface area contributed by atoms with Gasteiger partial charge in [0, 0.05) is 5.38 Å². The van der Waals surface area contributed by atoms with Crippen LogP contribution in [0.2, 0.25) is 8.67 Å². The molecule has 0 aromatic carbocycles. The Bertz CT molecular complexity index is 696. The van der Waals surface area contributed by atoms with Crippen molar-refractivity contribution in [3.63, 3.8) is 0 Å². The maximum atomic E-state index is 11.6. The summed E-state index contributed by atoms with van der Waals surface area (Å²) in [7, 11) is -4.34. The van der Waals surface area contributed by atoms with Crippen molar-refractivity contribution in [3.05, 3.63) is 31.3 Å². The van der Waals surface area contributed by atoms with E-state index < -0.39 is 16.3 Å². The number of hydrogen-bond donors (Lipinski definition) is 1. The summed E-state index contributed by atoms with van der Waals surface area (Å²) in [5.74, 6) is -1.08. The molecule has 0 fully saturated rings. The summed E-state index contributed by atoms with van der Waals surface area (Å²) in [4.78, 5) is 15.1. The summed E-state index contributed by atoms with van der Waals surface area (Å²) in [6.45, 7) is 0. The second kappa shape index (κ2) is 5.63. The van der Waals surface area contributed by atoms with E-state index >= 15 is 0 Å². The topological polar surface area (TPSA) is 85.4 Å². The van der Waals surface area contributed by atoms with E-state index in [0.29, 0.717) is 4.34 Å². The van der Waals surface area contributed by atoms with Gasteiger partial charge in [0.25, 0.3) is 0 Å². The fourth-order valence-corrected chi connectivity index (χ4v) is 3.80. The van der Waals surface area contributed by atoms with E-state index in [0.717, 1.165) is 22.7 Å². The number of carbonyl (C=O) groups is 1. The van der Waals surface area contributed by atoms with E-state index in [-0.39, 0.29) is 15.7 Å². The Hall–Kier alpha value is -0.870. The zero-order chi connectivity index (χ0) is 14.0. The van der Waals surface area contributed by atoms with Crippen molar-refractivity contribution in [2.45, 2.75) is 0 Å². The number of rotatable bonds is 4. The van der Waals surface area contributed by atoms with Gasteiger partial charge in [-0.2, -0.15) is 8.42 Å². The van der Waals surface area contributed by atoms with E-state index in [1.807, 2.05) is 4.72 Å². The van der Waals surface area contributed by atoms with Crippen LogP contribution in [0.5, 0.6) is 0 Å². The summed E-state index contributed by atoms with van der Waals surface area (Å²) in [6.07, 6.45) is 0. The molecule has 0 aliphatic heterocycles. The Morgan fingerprint density at radius 1 is 1.42 bits per heavy atom. The van der Waals surface area contributed by atoms with E-state index in [2.05, 4.69) is 9.17 Å². The van der Waals surface area contributed by atoms with Crippen LogP contribution < -0.4 is 4.72 Å². The number of aromatic nitrogens is 1. The molecule has 0 amide bonds. The van der Waals surface area contributed by atoms with Gasteiger partial charge in [-0.1, -0.05) is 23.2 Å². The quantitative estimate of drug-likeness (QED) is 0.907. The minimum Gasteiger partial charge on any atom is -0.324 e. The SMILES string of the molecule is O=C(OS(=O)(=O)Nc1cc(Cl)sc1Cl)c1cscn1. The highest BCUT2D eigenvalue weighted by atomic mass is 35.5. The average molecular weight is 359 g/mol. The molecule has 0 bridgehead atoms. The largest absolute Gasteiger partial charge is 0.410 e. The molecule has 6 nitrogen and oxygen atoms in total. The lowest BCUT2D eigenvalue weighted by Gasteiger charge is -2.05. The molecular formula is C8H4Cl2N2O4S3. The molecule has 0 atom stereocenters. The van der Waals surface area contributed by atoms with Gasteiger partial charge in [-0.3, -0.25) is 0 Å². The van der Waals surface area contributed by atoms with Crippen LogP contribution in [-0.4, -0.2) is 19.4 Å². The minimum absolute atomic E-state index is 0.0442. The monoisotopic (exact) mass is 358 g/mol. The second-order valence-electron chi connectivity index (χ2n) is 3.04. The third-order valence-corrected chi connectivity index (χ3v) is 4.63. The Balaban J connectivity index is 2.11. The van der Waals surface area contributed by atoms with E-state index in [1.54, 1.807) is 0 Å². The summed E-state index contributed by atoms with van der Waals surface area (Å²) in [5.41, 5.74) is 1.33. The molecule has 2 rings (SSSR count). The van der Waals surface area contributed by atoms with Crippen LogP contribution >= 0.6 is 45.9 Å². The van der Waals surface area contributed by atoms with Crippen LogP contribution in [0.25, 0.3) is 0 Å². The molecule has 0 aliphatic rings. The zero-order valence-corrected chi connectivity index (χ0v) is 12.8. The number of nitrogens with one attached hydrogen (secondary N) is 1. The van der Waals surface area contributed by atoms with E-state index in [9.17, 15) is 13.2 Å². The molecule has 2 aromatic rings. The van der Waals surface area contributed by atoms with Gasteiger partial charge >= 0.3 is 16.3 Å². The number of anilines is 1. The van der Waals surface area contributed by atoms with Crippen LogP contribution in [0.4, 0.5) is 5.69 Å². The smallest absolute Gasteiger partial charge is 0.324 e. The molecule has 102 valence electrons. The lowest BCUT2D eigenvalue weighted by atomic mass is 10.5. The Labute approximate surface area is 126 Å². The molecule has 11 heteroatoms. The predicted octanol–water partition coefficient (Wildman–Crippen LogP) is 3.03. The van der Waals surface area contributed by atoms with Crippen molar-refractivity contribution in [2.24, 2.45) is 0 Å². The number of nitrogens with zero attached hydrogens (tertiary/aromatic N) is 1. The molecule has 0 spiro atoms. The number of thiophene rings is 1. The first-order valence-corrected chi connectivity index (χ1v) is 8.39. The van der Waals surface area contributed by atoms with Gasteiger partial charge in [0.05, 0.1) is 15.5 Å². The highest BCUT2D eigenvalue weighted by molar-refractivity contribution is 7.88. The highest BCUT2D eigenvalue weighted by Crippen LogP contribution is 2.35. The first-order chi connectivity index (χ1) is 8.87. The first-order valence-electron chi connectivity index (χ1n) is 4.47. The molecule has 0 saturated carbocycles. The van der Waals surface area contributed by atoms with Crippen molar-refractivity contribution in [1.82, 2.24) is 4.98 Å². The van der Waals surface area contributed by atoms with Crippen molar-refractivity contribution < 1.29 is 17.4 Å². The van der Waals surface area contributed by atoms with Crippen molar-refractivity contribution in [3.8, 4) is 0 Å². The van der Waals surface area contributed by atoms with Crippen molar-refractivity contribution in [2.75, 3.05) is 4.72 Å². The van der Waals surface area contributed by atoms with Gasteiger partial charge < -0.3 is 4.18 Å². The first kappa shape index (κ1) is 14.5. The van der Waals surface area contributed by atoms with Crippen molar-refractivity contribution >= 4 is 67.8 Å². The maximum Gasteiger partial charge on any atom is 0.410 e. The molecule has 2 aromatic heterocycles. The number of halogens is 2. The van der Waals surface area contributed by atoms with Crippen LogP contribution in [0, 0.1) is 0 Å². The summed E-state index contributed by atoms with van der Waals surface area (Å²) in [6, 6.07) is 1.31. The number of thiazole rings is 1. The molecule has 0 saturated heterocycles. The van der Waals surface area contributed by atoms with E-state index in [1.165, 1.54) is 17.0 Å². The highest BCUT2D eigenvalue weighted by Gasteiger charge is 2.22. The average Bonchev–Trinajstić information content (AvgIpc) is 2.88. The van der Waals surface area contributed by atoms with Crippen LogP contribution in [-0.2, 0) is 14.5 Å². The number of carbonyl (C=O) groups excluding carboxylic acids is 1. The van der Waals surface area contributed by atoms with Crippen molar-refractivity contribution in [1.29, 1.82) is 0 Å². The lowest BCUT2D eigenvalue weighted by molar-refractivity contribution is 0.0743. The normalized spacial score (nSPS) is 11.3. The fraction of sp³-hybridized carbons (Fsp3) is 0. The molecule has 0 unspecified atom stereocenters. The van der Waals surface area contributed by atoms with Gasteiger partial charge in [-0.25, -0.2) is 14.5 Å². The summed E-state index contributed by atoms with van der Waals surface area (Å²) in [5, 5.41) is 1.37. The third kappa shape index (κ3) is 3.80. The minimum atomic E-state index is -4.34. The standard InChI is InChI=1S/C8H4Cl2N2O4S3/c9-6-1-4(7(10)18-6)12-19(14,15)16-8(13)5-2-17-3-11-5/h1-3,12H.